The number of carbonyl (C=O) groups excluding carboxylic acids is 1. The maximum Gasteiger partial charge on any atom is 0.330 e. The molecule has 1 aliphatic rings. The van der Waals surface area contributed by atoms with E-state index in [4.69, 9.17) is 10.8 Å². The quantitative estimate of drug-likeness (QED) is 0.811. The van der Waals surface area contributed by atoms with Gasteiger partial charge in [0.1, 0.15) is 0 Å². The van der Waals surface area contributed by atoms with Gasteiger partial charge in [-0.05, 0) is 6.42 Å². The van der Waals surface area contributed by atoms with Crippen molar-refractivity contribution >= 4 is 5.97 Å². The van der Waals surface area contributed by atoms with Crippen LogP contribution in [0.25, 0.3) is 0 Å². The maximum absolute atomic E-state index is 11.9. The Morgan fingerprint density at radius 3 is 2.85 bits per heavy atom. The predicted molar refractivity (Wildman–Crippen MR) is 70.2 cm³/mol. The first-order valence-electron chi connectivity index (χ1n) is 6.97. The summed E-state index contributed by atoms with van der Waals surface area (Å²) in [6, 6.07) is 1.12. The normalized spacial score (nSPS) is 33.8. The highest BCUT2D eigenvalue weighted by atomic mass is 16.6. The van der Waals surface area contributed by atoms with Gasteiger partial charge in [0.05, 0.1) is 7.47 Å². The first kappa shape index (κ1) is 13.1. The highest BCUT2D eigenvalue weighted by molar-refractivity contribution is 5.66. The molecule has 0 amide bonds. The second kappa shape index (κ2) is 5.62. The van der Waals surface area contributed by atoms with E-state index in [1.807, 2.05) is 6.92 Å². The molecule has 20 heavy (non-hydrogen) atoms. The van der Waals surface area contributed by atoms with Gasteiger partial charge in [0.25, 0.3) is 5.56 Å². The summed E-state index contributed by atoms with van der Waals surface area (Å²) in [5.41, 5.74) is -1.35. The minimum Gasteiger partial charge on any atom is -0.457 e. The van der Waals surface area contributed by atoms with Gasteiger partial charge in [-0.15, -0.1) is 0 Å². The van der Waals surface area contributed by atoms with Crippen molar-refractivity contribution in [3.63, 3.8) is 0 Å². The summed E-state index contributed by atoms with van der Waals surface area (Å²) in [5, 5.41) is 0. The van der Waals surface area contributed by atoms with Crippen molar-refractivity contribution in [3.05, 3.63) is 33.1 Å². The summed E-state index contributed by atoms with van der Waals surface area (Å²) < 4.78 is 20.3. The van der Waals surface area contributed by atoms with Gasteiger partial charge in [-0.25, -0.2) is 4.79 Å². The Morgan fingerprint density at radius 2 is 2.30 bits per heavy atom. The Bertz CT molecular complexity index is 654. The number of carbonyl (C=O) groups is 1. The molecule has 1 aromatic rings. The molecule has 0 radical (unpaired) electrons. The molecule has 1 fully saturated rings. The summed E-state index contributed by atoms with van der Waals surface area (Å²) in [5.74, 6) is -0.809. The van der Waals surface area contributed by atoms with E-state index in [0.29, 0.717) is 6.42 Å². The molecule has 2 heterocycles. The zero-order chi connectivity index (χ0) is 15.8. The summed E-state index contributed by atoms with van der Waals surface area (Å²) in [6.07, 6.45) is -1.38. The molecule has 1 aliphatic heterocycles. The molecular formula is C13H18N2O5. The van der Waals surface area contributed by atoms with Crippen LogP contribution in [-0.4, -0.2) is 27.7 Å². The van der Waals surface area contributed by atoms with E-state index < -0.39 is 29.5 Å². The largest absolute Gasteiger partial charge is 0.457 e. The average Bonchev–Trinajstić information content (AvgIpc) is 2.63. The average molecular weight is 283 g/mol. The Balaban J connectivity index is 2.52. The lowest BCUT2D eigenvalue weighted by molar-refractivity contribution is -0.153. The number of rotatable bonds is 3. The van der Waals surface area contributed by atoms with Crippen molar-refractivity contribution in [2.45, 2.75) is 45.6 Å². The number of esters is 1. The molecule has 0 aromatic carbocycles. The molecule has 0 spiro atoms. The molecule has 1 saturated heterocycles. The van der Waals surface area contributed by atoms with Crippen LogP contribution in [0.4, 0.5) is 0 Å². The zero-order valence-corrected chi connectivity index (χ0v) is 11.6. The summed E-state index contributed by atoms with van der Waals surface area (Å²) >= 11 is 0. The monoisotopic (exact) mass is 283 g/mol. The lowest BCUT2D eigenvalue weighted by Crippen LogP contribution is -2.37. The first-order valence-corrected chi connectivity index (χ1v) is 6.47. The third kappa shape index (κ3) is 2.67. The van der Waals surface area contributed by atoms with Crippen LogP contribution in [0.2, 0.25) is 0 Å². The lowest BCUT2D eigenvalue weighted by atomic mass is 9.98. The van der Waals surface area contributed by atoms with Gasteiger partial charge in [-0.3, -0.25) is 19.1 Å². The molecule has 2 rings (SSSR count). The van der Waals surface area contributed by atoms with E-state index in [1.54, 1.807) is 6.92 Å². The number of ether oxygens (including phenoxy) is 2. The lowest BCUT2D eigenvalue weighted by Gasteiger charge is -2.21. The van der Waals surface area contributed by atoms with E-state index in [9.17, 15) is 14.4 Å². The number of nitrogens with one attached hydrogen (secondary N) is 1. The fraction of sp³-hybridized carbons (Fsp3) is 0.615. The van der Waals surface area contributed by atoms with Crippen molar-refractivity contribution in [1.29, 1.82) is 0 Å². The molecule has 7 heteroatoms. The zero-order valence-electron chi connectivity index (χ0n) is 12.6. The van der Waals surface area contributed by atoms with E-state index in [-0.39, 0.29) is 12.0 Å². The Kier molecular flexibility index (Phi) is 3.68. The predicted octanol–water partition coefficient (Wildman–Crippen LogP) is 0.412. The fourth-order valence-electron chi connectivity index (χ4n) is 2.33. The second-order valence-corrected chi connectivity index (χ2v) is 4.77. The molecule has 7 nitrogen and oxygen atoms in total. The standard InChI is InChI=1S/C13H18N2O5/c1-4-9-7(2)11(19-8(3)16)12(20-9)15-6-5-10(17)14-13(15)18/h5-7,9,11-12H,4H2,1-3H3,(H,14,17,18)/t7-,9-,11-,12-/m1/s1/i12D. The van der Waals surface area contributed by atoms with E-state index in [1.165, 1.54) is 13.1 Å². The van der Waals surface area contributed by atoms with Crippen LogP contribution in [0.1, 0.15) is 34.8 Å². The highest BCUT2D eigenvalue weighted by Crippen LogP contribution is 2.36. The topological polar surface area (TPSA) is 90.4 Å². The Morgan fingerprint density at radius 1 is 1.60 bits per heavy atom. The van der Waals surface area contributed by atoms with Crippen LogP contribution in [0.5, 0.6) is 0 Å². The van der Waals surface area contributed by atoms with Gasteiger partial charge < -0.3 is 9.47 Å². The van der Waals surface area contributed by atoms with Gasteiger partial charge in [0.2, 0.25) is 0 Å². The summed E-state index contributed by atoms with van der Waals surface area (Å²) in [4.78, 5) is 36.4. The van der Waals surface area contributed by atoms with Crippen molar-refractivity contribution in [2.24, 2.45) is 5.92 Å². The van der Waals surface area contributed by atoms with Gasteiger partial charge in [-0.1, -0.05) is 13.8 Å². The van der Waals surface area contributed by atoms with Crippen LogP contribution in [0.15, 0.2) is 21.9 Å². The third-order valence-corrected chi connectivity index (χ3v) is 3.34. The second-order valence-electron chi connectivity index (χ2n) is 4.77. The van der Waals surface area contributed by atoms with Crippen molar-refractivity contribution in [3.8, 4) is 0 Å². The fourth-order valence-corrected chi connectivity index (χ4v) is 2.33. The number of aromatic nitrogens is 2. The number of hydrogen-bond acceptors (Lipinski definition) is 5. The number of nitrogens with zero attached hydrogens (tertiary/aromatic N) is 1. The molecule has 0 unspecified atom stereocenters. The van der Waals surface area contributed by atoms with Crippen molar-refractivity contribution in [2.75, 3.05) is 0 Å². The number of aromatic amines is 1. The van der Waals surface area contributed by atoms with E-state index in [0.717, 1.165) is 10.6 Å². The van der Waals surface area contributed by atoms with Gasteiger partial charge >= 0.3 is 11.7 Å². The minimum atomic E-state index is -1.90. The van der Waals surface area contributed by atoms with Crippen LogP contribution in [0, 0.1) is 5.92 Å². The van der Waals surface area contributed by atoms with Crippen LogP contribution < -0.4 is 11.2 Å². The van der Waals surface area contributed by atoms with Gasteiger partial charge in [0, 0.05) is 25.1 Å². The summed E-state index contributed by atoms with van der Waals surface area (Å²) in [7, 11) is 0. The molecular weight excluding hydrogens is 264 g/mol. The molecule has 0 bridgehead atoms. The van der Waals surface area contributed by atoms with Crippen molar-refractivity contribution in [1.82, 2.24) is 9.55 Å². The minimum absolute atomic E-state index is 0.254. The molecule has 1 aromatic heterocycles. The number of hydrogen-bond donors (Lipinski definition) is 1. The van der Waals surface area contributed by atoms with E-state index >= 15 is 0 Å². The third-order valence-electron chi connectivity index (χ3n) is 3.34. The van der Waals surface area contributed by atoms with Crippen LogP contribution in [-0.2, 0) is 14.3 Å². The molecule has 0 aliphatic carbocycles. The summed E-state index contributed by atoms with van der Waals surface area (Å²) in [6.45, 7) is 4.92. The van der Waals surface area contributed by atoms with Crippen molar-refractivity contribution < 1.29 is 15.6 Å². The van der Waals surface area contributed by atoms with Crippen LogP contribution >= 0.6 is 0 Å². The molecule has 0 saturated carbocycles. The van der Waals surface area contributed by atoms with Crippen LogP contribution in [0.3, 0.4) is 0 Å². The Hall–Kier alpha value is -1.89. The smallest absolute Gasteiger partial charge is 0.330 e. The first-order chi connectivity index (χ1) is 9.79. The molecule has 110 valence electrons. The van der Waals surface area contributed by atoms with Gasteiger partial charge in [-0.2, -0.15) is 0 Å². The molecule has 1 N–H and O–H groups in total. The number of H-pyrrole nitrogens is 1. The van der Waals surface area contributed by atoms with Gasteiger partial charge in [0.15, 0.2) is 12.3 Å². The SMILES string of the molecule is [2H][C@@]1(n2ccc(=O)[nH]c2=O)O[C@H](CC)[C@@H](C)[C@H]1OC(C)=O. The molecule has 4 atom stereocenters. The Labute approximate surface area is 116 Å². The van der Waals surface area contributed by atoms with E-state index in [2.05, 4.69) is 4.98 Å². The maximum atomic E-state index is 11.9. The highest BCUT2D eigenvalue weighted by Gasteiger charge is 2.44.